The van der Waals surface area contributed by atoms with Crippen molar-refractivity contribution >= 4 is 11.9 Å². The first-order valence-electron chi connectivity index (χ1n) is 6.75. The fraction of sp³-hybridized carbons (Fsp3) is 0.357. The zero-order valence-electron chi connectivity index (χ0n) is 13.0. The molecular formula is C14H14F4N4O2. The molecule has 2 aromatic heterocycles. The molecule has 0 aromatic carbocycles. The van der Waals surface area contributed by atoms with E-state index in [0.717, 1.165) is 24.4 Å². The van der Waals surface area contributed by atoms with E-state index in [-0.39, 0.29) is 5.82 Å². The minimum Gasteiger partial charge on any atom is -0.444 e. The van der Waals surface area contributed by atoms with Crippen molar-refractivity contribution in [3.05, 3.63) is 35.9 Å². The maximum Gasteiger partial charge on any atom is 0.433 e. The Hall–Kier alpha value is -2.65. The summed E-state index contributed by atoms with van der Waals surface area (Å²) in [5.74, 6) is -1.80. The van der Waals surface area contributed by atoms with E-state index < -0.39 is 35.2 Å². The summed E-state index contributed by atoms with van der Waals surface area (Å²) in [4.78, 5) is 15.3. The van der Waals surface area contributed by atoms with E-state index in [2.05, 4.69) is 15.4 Å². The van der Waals surface area contributed by atoms with Crippen LogP contribution in [0.2, 0.25) is 0 Å². The molecule has 2 heterocycles. The van der Waals surface area contributed by atoms with Crippen LogP contribution in [0.15, 0.2) is 24.4 Å². The Bertz CT molecular complexity index is 750. The number of nitrogens with zero attached hydrogens (tertiary/aromatic N) is 3. The van der Waals surface area contributed by atoms with Gasteiger partial charge in [-0.05, 0) is 39.0 Å². The number of carbonyl (C=O) groups excluding carboxylic acids is 1. The van der Waals surface area contributed by atoms with Crippen LogP contribution in [0.4, 0.5) is 28.2 Å². The summed E-state index contributed by atoms with van der Waals surface area (Å²) in [6, 6.07) is 2.64. The average molecular weight is 346 g/mol. The lowest BCUT2D eigenvalue weighted by atomic mass is 10.2. The largest absolute Gasteiger partial charge is 0.444 e. The lowest BCUT2D eigenvalue weighted by molar-refractivity contribution is -0.142. The predicted octanol–water partition coefficient (Wildman–Crippen LogP) is 3.77. The third-order valence-electron chi connectivity index (χ3n) is 2.60. The second-order valence-electron chi connectivity index (χ2n) is 5.75. The first-order chi connectivity index (χ1) is 11.0. The quantitative estimate of drug-likeness (QED) is 0.841. The molecule has 0 atom stereocenters. The fourth-order valence-electron chi connectivity index (χ4n) is 1.74. The normalized spacial score (nSPS) is 12.1. The van der Waals surface area contributed by atoms with Crippen molar-refractivity contribution in [2.24, 2.45) is 0 Å². The van der Waals surface area contributed by atoms with Crippen molar-refractivity contribution in [3.8, 4) is 5.82 Å². The van der Waals surface area contributed by atoms with E-state index in [4.69, 9.17) is 4.74 Å². The van der Waals surface area contributed by atoms with Gasteiger partial charge in [-0.25, -0.2) is 18.9 Å². The van der Waals surface area contributed by atoms with Gasteiger partial charge in [0.1, 0.15) is 11.3 Å². The number of nitrogens with one attached hydrogen (secondary N) is 1. The van der Waals surface area contributed by atoms with Crippen LogP contribution >= 0.6 is 0 Å². The molecule has 10 heteroatoms. The molecule has 24 heavy (non-hydrogen) atoms. The number of rotatable bonds is 2. The standard InChI is InChI=1S/C14H14F4N4O2/c1-13(2,3)24-12(23)21-11-8(15)4-5-10(20-11)22-9(6-7-19-22)14(16,17)18/h4-7H,1-3H3,(H,20,21,23). The summed E-state index contributed by atoms with van der Waals surface area (Å²) in [5, 5.41) is 5.59. The summed E-state index contributed by atoms with van der Waals surface area (Å²) in [6.07, 6.45) is -4.71. The van der Waals surface area contributed by atoms with Gasteiger partial charge in [0.15, 0.2) is 17.5 Å². The Morgan fingerprint density at radius 1 is 1.21 bits per heavy atom. The summed E-state index contributed by atoms with van der Waals surface area (Å²) >= 11 is 0. The van der Waals surface area contributed by atoms with Crippen LogP contribution in [0.3, 0.4) is 0 Å². The molecule has 1 amide bonds. The van der Waals surface area contributed by atoms with Crippen molar-refractivity contribution in [3.63, 3.8) is 0 Å². The van der Waals surface area contributed by atoms with Crippen LogP contribution in [-0.2, 0) is 10.9 Å². The lowest BCUT2D eigenvalue weighted by Crippen LogP contribution is -2.28. The number of hydrogen-bond donors (Lipinski definition) is 1. The number of alkyl halides is 3. The summed E-state index contributed by atoms with van der Waals surface area (Å²) in [7, 11) is 0. The molecule has 0 saturated carbocycles. The van der Waals surface area contributed by atoms with E-state index >= 15 is 0 Å². The van der Waals surface area contributed by atoms with Crippen molar-refractivity contribution in [1.82, 2.24) is 14.8 Å². The number of amides is 1. The van der Waals surface area contributed by atoms with Crippen molar-refractivity contribution in [1.29, 1.82) is 0 Å². The van der Waals surface area contributed by atoms with E-state index in [1.165, 1.54) is 0 Å². The van der Waals surface area contributed by atoms with Crippen LogP contribution in [0.25, 0.3) is 5.82 Å². The van der Waals surface area contributed by atoms with E-state index in [1.807, 2.05) is 0 Å². The first-order valence-corrected chi connectivity index (χ1v) is 6.75. The van der Waals surface area contributed by atoms with Gasteiger partial charge >= 0.3 is 12.3 Å². The van der Waals surface area contributed by atoms with Gasteiger partial charge in [0.25, 0.3) is 0 Å². The maximum absolute atomic E-state index is 13.8. The number of anilines is 1. The molecule has 0 aliphatic carbocycles. The Labute approximate surface area is 134 Å². The molecule has 0 bridgehead atoms. The second kappa shape index (κ2) is 6.10. The highest BCUT2D eigenvalue weighted by Crippen LogP contribution is 2.30. The number of aromatic nitrogens is 3. The smallest absolute Gasteiger partial charge is 0.433 e. The molecule has 1 N–H and O–H groups in total. The number of pyridine rings is 1. The molecule has 0 radical (unpaired) electrons. The van der Waals surface area contributed by atoms with Gasteiger partial charge in [0.2, 0.25) is 0 Å². The van der Waals surface area contributed by atoms with Gasteiger partial charge in [-0.3, -0.25) is 5.32 Å². The minimum atomic E-state index is -4.66. The average Bonchev–Trinajstić information content (AvgIpc) is 2.88. The summed E-state index contributed by atoms with van der Waals surface area (Å²) in [5.41, 5.74) is -1.91. The highest BCUT2D eigenvalue weighted by molar-refractivity contribution is 5.83. The Balaban J connectivity index is 2.33. The number of halogens is 4. The van der Waals surface area contributed by atoms with Crippen LogP contribution in [-0.4, -0.2) is 26.5 Å². The number of ether oxygens (including phenoxy) is 1. The number of carbonyl (C=O) groups is 1. The number of hydrogen-bond acceptors (Lipinski definition) is 4. The molecule has 0 aliphatic rings. The first kappa shape index (κ1) is 17.7. The lowest BCUT2D eigenvalue weighted by Gasteiger charge is -2.19. The van der Waals surface area contributed by atoms with Gasteiger partial charge in [-0.15, -0.1) is 0 Å². The third-order valence-corrected chi connectivity index (χ3v) is 2.60. The van der Waals surface area contributed by atoms with Crippen LogP contribution in [0.5, 0.6) is 0 Å². The second-order valence-corrected chi connectivity index (χ2v) is 5.75. The van der Waals surface area contributed by atoms with E-state index in [0.29, 0.717) is 4.68 Å². The zero-order chi connectivity index (χ0) is 18.1. The monoisotopic (exact) mass is 346 g/mol. The predicted molar refractivity (Wildman–Crippen MR) is 76.2 cm³/mol. The molecule has 0 aliphatic heterocycles. The summed E-state index contributed by atoms with van der Waals surface area (Å²) < 4.78 is 57.9. The van der Waals surface area contributed by atoms with Gasteiger partial charge < -0.3 is 4.74 Å². The van der Waals surface area contributed by atoms with Crippen LogP contribution < -0.4 is 5.32 Å². The Morgan fingerprint density at radius 2 is 1.88 bits per heavy atom. The fourth-order valence-corrected chi connectivity index (χ4v) is 1.74. The van der Waals surface area contributed by atoms with E-state index in [1.54, 1.807) is 20.8 Å². The maximum atomic E-state index is 13.8. The van der Waals surface area contributed by atoms with Crippen molar-refractivity contribution in [2.45, 2.75) is 32.5 Å². The molecule has 0 spiro atoms. The molecule has 2 rings (SSSR count). The topological polar surface area (TPSA) is 69.0 Å². The zero-order valence-corrected chi connectivity index (χ0v) is 13.0. The Kier molecular flexibility index (Phi) is 4.50. The van der Waals surface area contributed by atoms with Crippen LogP contribution in [0, 0.1) is 5.82 Å². The van der Waals surface area contributed by atoms with Gasteiger partial charge in [-0.1, -0.05) is 0 Å². The SMILES string of the molecule is CC(C)(C)OC(=O)Nc1nc(-n2nccc2C(F)(F)F)ccc1F. The molecule has 130 valence electrons. The summed E-state index contributed by atoms with van der Waals surface area (Å²) in [6.45, 7) is 4.81. The van der Waals surface area contributed by atoms with Gasteiger partial charge in [-0.2, -0.15) is 18.3 Å². The highest BCUT2D eigenvalue weighted by atomic mass is 19.4. The minimum absolute atomic E-state index is 0.306. The third kappa shape index (κ3) is 4.21. The molecule has 0 saturated heterocycles. The van der Waals surface area contributed by atoms with Gasteiger partial charge in [0.05, 0.1) is 6.20 Å². The Morgan fingerprint density at radius 3 is 2.46 bits per heavy atom. The van der Waals surface area contributed by atoms with E-state index in [9.17, 15) is 22.4 Å². The van der Waals surface area contributed by atoms with Crippen molar-refractivity contribution in [2.75, 3.05) is 5.32 Å². The molecule has 6 nitrogen and oxygen atoms in total. The van der Waals surface area contributed by atoms with Gasteiger partial charge in [0, 0.05) is 0 Å². The molecule has 2 aromatic rings. The highest BCUT2D eigenvalue weighted by Gasteiger charge is 2.35. The molecular weight excluding hydrogens is 332 g/mol. The molecule has 0 fully saturated rings. The van der Waals surface area contributed by atoms with Crippen LogP contribution in [0.1, 0.15) is 26.5 Å². The van der Waals surface area contributed by atoms with Crippen molar-refractivity contribution < 1.29 is 27.1 Å². The molecule has 0 unspecified atom stereocenters.